The standard InChI is InChI=1S/C15H20N4OS/c1-2-14-17-12(11-21-14)9-15(20)19-8-3-5-13(19)10-18-7-4-6-16-18/h4,6-7,11,13H,2-3,5,8-10H2,1H3. The van der Waals surface area contributed by atoms with E-state index in [-0.39, 0.29) is 11.9 Å². The number of hydrogen-bond acceptors (Lipinski definition) is 4. The first-order chi connectivity index (χ1) is 10.3. The summed E-state index contributed by atoms with van der Waals surface area (Å²) >= 11 is 1.64. The molecule has 5 nitrogen and oxygen atoms in total. The summed E-state index contributed by atoms with van der Waals surface area (Å²) in [6.45, 7) is 3.73. The Kier molecular flexibility index (Phi) is 4.34. The quantitative estimate of drug-likeness (QED) is 0.850. The topological polar surface area (TPSA) is 51.0 Å². The van der Waals surface area contributed by atoms with E-state index in [9.17, 15) is 4.79 Å². The Bertz CT molecular complexity index is 593. The molecule has 0 aliphatic carbocycles. The number of thiazole rings is 1. The van der Waals surface area contributed by atoms with Crippen molar-refractivity contribution < 1.29 is 4.79 Å². The molecule has 6 heteroatoms. The van der Waals surface area contributed by atoms with E-state index in [2.05, 4.69) is 17.0 Å². The zero-order valence-electron chi connectivity index (χ0n) is 12.2. The third-order valence-electron chi connectivity index (χ3n) is 3.89. The number of aromatic nitrogens is 3. The van der Waals surface area contributed by atoms with Crippen LogP contribution in [0.4, 0.5) is 0 Å². The van der Waals surface area contributed by atoms with Crippen molar-refractivity contribution in [1.82, 2.24) is 19.7 Å². The predicted octanol–water partition coefficient (Wildman–Crippen LogP) is 2.14. The fourth-order valence-electron chi connectivity index (χ4n) is 2.83. The average Bonchev–Trinajstić information content (AvgIpc) is 3.20. The Morgan fingerprint density at radius 2 is 2.43 bits per heavy atom. The van der Waals surface area contributed by atoms with Crippen molar-refractivity contribution in [2.24, 2.45) is 0 Å². The van der Waals surface area contributed by atoms with Gasteiger partial charge in [-0.15, -0.1) is 11.3 Å². The van der Waals surface area contributed by atoms with Crippen LogP contribution in [0.5, 0.6) is 0 Å². The average molecular weight is 304 g/mol. The van der Waals surface area contributed by atoms with Gasteiger partial charge in [0, 0.05) is 24.3 Å². The first-order valence-electron chi connectivity index (χ1n) is 7.46. The van der Waals surface area contributed by atoms with Crippen LogP contribution in [0, 0.1) is 0 Å². The van der Waals surface area contributed by atoms with Crippen molar-refractivity contribution in [2.75, 3.05) is 6.54 Å². The third kappa shape index (κ3) is 3.32. The Hall–Kier alpha value is -1.69. The SMILES string of the molecule is CCc1nc(CC(=O)N2CCCC2Cn2cccn2)cs1. The number of carbonyl (C=O) groups is 1. The van der Waals surface area contributed by atoms with E-state index in [4.69, 9.17) is 0 Å². The molecule has 3 rings (SSSR count). The predicted molar refractivity (Wildman–Crippen MR) is 82.2 cm³/mol. The van der Waals surface area contributed by atoms with E-state index in [1.807, 2.05) is 27.2 Å². The van der Waals surface area contributed by atoms with Crippen molar-refractivity contribution in [1.29, 1.82) is 0 Å². The molecule has 3 heterocycles. The van der Waals surface area contributed by atoms with Crippen molar-refractivity contribution in [3.05, 3.63) is 34.5 Å². The van der Waals surface area contributed by atoms with Gasteiger partial charge in [0.25, 0.3) is 0 Å². The van der Waals surface area contributed by atoms with Gasteiger partial charge in [0.15, 0.2) is 0 Å². The van der Waals surface area contributed by atoms with Gasteiger partial charge >= 0.3 is 0 Å². The molecule has 0 spiro atoms. The first kappa shape index (κ1) is 14.3. The van der Waals surface area contributed by atoms with Gasteiger partial charge in [-0.3, -0.25) is 9.48 Å². The molecule has 1 unspecified atom stereocenters. The van der Waals surface area contributed by atoms with Crippen LogP contribution in [0.2, 0.25) is 0 Å². The molecule has 21 heavy (non-hydrogen) atoms. The largest absolute Gasteiger partial charge is 0.338 e. The second kappa shape index (κ2) is 6.39. The van der Waals surface area contributed by atoms with Gasteiger partial charge < -0.3 is 4.90 Å². The normalized spacial score (nSPS) is 18.3. The Morgan fingerprint density at radius 3 is 3.14 bits per heavy atom. The molecule has 2 aromatic heterocycles. The number of likely N-dealkylation sites (tertiary alicyclic amines) is 1. The molecule has 1 atom stereocenters. The van der Waals surface area contributed by atoms with Gasteiger partial charge in [-0.1, -0.05) is 6.92 Å². The van der Waals surface area contributed by atoms with Crippen LogP contribution in [0.1, 0.15) is 30.5 Å². The lowest BCUT2D eigenvalue weighted by molar-refractivity contribution is -0.131. The monoisotopic (exact) mass is 304 g/mol. The summed E-state index contributed by atoms with van der Waals surface area (Å²) < 4.78 is 1.91. The number of nitrogens with zero attached hydrogens (tertiary/aromatic N) is 4. The maximum Gasteiger partial charge on any atom is 0.228 e. The van der Waals surface area contributed by atoms with Crippen molar-refractivity contribution in [3.63, 3.8) is 0 Å². The molecule has 0 N–H and O–H groups in total. The van der Waals surface area contributed by atoms with E-state index in [1.165, 1.54) is 0 Å². The van der Waals surface area contributed by atoms with E-state index in [0.29, 0.717) is 6.42 Å². The van der Waals surface area contributed by atoms with Gasteiger partial charge in [-0.05, 0) is 25.3 Å². The fraction of sp³-hybridized carbons (Fsp3) is 0.533. The Morgan fingerprint density at radius 1 is 1.52 bits per heavy atom. The second-order valence-electron chi connectivity index (χ2n) is 5.37. The molecule has 2 aromatic rings. The summed E-state index contributed by atoms with van der Waals surface area (Å²) in [5.41, 5.74) is 0.909. The molecule has 1 fully saturated rings. The molecule has 0 bridgehead atoms. The summed E-state index contributed by atoms with van der Waals surface area (Å²) in [6.07, 6.45) is 7.23. The van der Waals surface area contributed by atoms with Crippen LogP contribution in [0.3, 0.4) is 0 Å². The van der Waals surface area contributed by atoms with Crippen molar-refractivity contribution in [3.8, 4) is 0 Å². The van der Waals surface area contributed by atoms with Gasteiger partial charge in [-0.25, -0.2) is 4.98 Å². The maximum absolute atomic E-state index is 12.5. The minimum absolute atomic E-state index is 0.192. The highest BCUT2D eigenvalue weighted by Crippen LogP contribution is 2.20. The number of amides is 1. The van der Waals surface area contributed by atoms with Gasteiger partial charge in [0.05, 0.1) is 29.7 Å². The van der Waals surface area contributed by atoms with E-state index < -0.39 is 0 Å². The lowest BCUT2D eigenvalue weighted by Crippen LogP contribution is -2.39. The number of hydrogen-bond donors (Lipinski definition) is 0. The van der Waals surface area contributed by atoms with E-state index in [1.54, 1.807) is 17.5 Å². The summed E-state index contributed by atoms with van der Waals surface area (Å²) in [5, 5.41) is 7.35. The molecule has 112 valence electrons. The molecular formula is C15H20N4OS. The van der Waals surface area contributed by atoms with Crippen LogP contribution < -0.4 is 0 Å². The molecule has 1 saturated heterocycles. The van der Waals surface area contributed by atoms with E-state index in [0.717, 1.165) is 43.1 Å². The highest BCUT2D eigenvalue weighted by Gasteiger charge is 2.29. The Labute approximate surface area is 128 Å². The van der Waals surface area contributed by atoms with Crippen LogP contribution in [0.25, 0.3) is 0 Å². The van der Waals surface area contributed by atoms with Crippen LogP contribution in [-0.4, -0.2) is 38.2 Å². The van der Waals surface area contributed by atoms with Gasteiger partial charge in [-0.2, -0.15) is 5.10 Å². The number of rotatable bonds is 5. The van der Waals surface area contributed by atoms with E-state index >= 15 is 0 Å². The molecule has 1 aliphatic heterocycles. The summed E-state index contributed by atoms with van der Waals surface area (Å²) in [6, 6.07) is 2.18. The number of aryl methyl sites for hydroxylation is 1. The zero-order chi connectivity index (χ0) is 14.7. The smallest absolute Gasteiger partial charge is 0.228 e. The second-order valence-corrected chi connectivity index (χ2v) is 6.32. The molecule has 1 aliphatic rings. The van der Waals surface area contributed by atoms with Gasteiger partial charge in [0.2, 0.25) is 5.91 Å². The van der Waals surface area contributed by atoms with Crippen molar-refractivity contribution in [2.45, 2.75) is 45.2 Å². The lowest BCUT2D eigenvalue weighted by atomic mass is 10.2. The van der Waals surface area contributed by atoms with Crippen LogP contribution in [-0.2, 0) is 24.2 Å². The summed E-state index contributed by atoms with van der Waals surface area (Å²) in [5.74, 6) is 0.192. The maximum atomic E-state index is 12.5. The fourth-order valence-corrected chi connectivity index (χ4v) is 3.57. The minimum Gasteiger partial charge on any atom is -0.338 e. The molecular weight excluding hydrogens is 284 g/mol. The molecule has 0 radical (unpaired) electrons. The summed E-state index contributed by atoms with van der Waals surface area (Å²) in [7, 11) is 0. The lowest BCUT2D eigenvalue weighted by Gasteiger charge is -2.24. The highest BCUT2D eigenvalue weighted by molar-refractivity contribution is 7.09. The van der Waals surface area contributed by atoms with Crippen LogP contribution >= 0.6 is 11.3 Å². The molecule has 1 amide bonds. The summed E-state index contributed by atoms with van der Waals surface area (Å²) in [4.78, 5) is 19.0. The zero-order valence-corrected chi connectivity index (χ0v) is 13.1. The molecule has 0 saturated carbocycles. The highest BCUT2D eigenvalue weighted by atomic mass is 32.1. The van der Waals surface area contributed by atoms with Crippen molar-refractivity contribution >= 4 is 17.2 Å². The molecule has 0 aromatic carbocycles. The van der Waals surface area contributed by atoms with Gasteiger partial charge in [0.1, 0.15) is 0 Å². The number of carbonyl (C=O) groups excluding carboxylic acids is 1. The van der Waals surface area contributed by atoms with Crippen LogP contribution in [0.15, 0.2) is 23.8 Å². The minimum atomic E-state index is 0.192. The third-order valence-corrected chi connectivity index (χ3v) is 4.93. The Balaban J connectivity index is 1.62. The first-order valence-corrected chi connectivity index (χ1v) is 8.34.